The van der Waals surface area contributed by atoms with Crippen molar-refractivity contribution < 1.29 is 24.9 Å². The van der Waals surface area contributed by atoms with Crippen LogP contribution < -0.4 is 0 Å². The Kier molecular flexibility index (Phi) is 9.51. The van der Waals surface area contributed by atoms with Crippen LogP contribution in [-0.2, 0) is 9.59 Å². The van der Waals surface area contributed by atoms with Crippen LogP contribution in [0.1, 0.15) is 96.8 Å². The maximum atomic E-state index is 12.3. The van der Waals surface area contributed by atoms with Crippen molar-refractivity contribution in [3.63, 3.8) is 0 Å². The predicted octanol–water partition coefficient (Wildman–Crippen LogP) is 4.08. The Balaban J connectivity index is 1.73. The monoisotopic (exact) mass is 408 g/mol. The molecule has 2 saturated carbocycles. The number of rotatable bonds is 14. The molecule has 0 spiro atoms. The van der Waals surface area contributed by atoms with Gasteiger partial charge >= 0.3 is 0 Å². The molecule has 29 heavy (non-hydrogen) atoms. The third-order valence-corrected chi connectivity index (χ3v) is 7.19. The lowest BCUT2D eigenvalue weighted by atomic mass is 9.64. The van der Waals surface area contributed by atoms with Crippen molar-refractivity contribution in [2.45, 2.75) is 103 Å². The third-order valence-electron chi connectivity index (χ3n) is 7.19. The van der Waals surface area contributed by atoms with E-state index >= 15 is 0 Å². The zero-order valence-corrected chi connectivity index (χ0v) is 18.1. The van der Waals surface area contributed by atoms with Crippen LogP contribution in [0.3, 0.4) is 0 Å². The van der Waals surface area contributed by atoms with Gasteiger partial charge in [-0.25, -0.2) is 0 Å². The lowest BCUT2D eigenvalue weighted by Gasteiger charge is -2.41. The van der Waals surface area contributed by atoms with Crippen molar-refractivity contribution >= 4 is 11.6 Å². The summed E-state index contributed by atoms with van der Waals surface area (Å²) in [5, 5.41) is 27.9. The zero-order valence-electron chi connectivity index (χ0n) is 18.1. The summed E-state index contributed by atoms with van der Waals surface area (Å²) in [5.41, 5.74) is 0.526. The number of hydrogen-bond donors (Lipinski definition) is 3. The molecule has 0 aromatic carbocycles. The normalized spacial score (nSPS) is 24.2. The SMILES string of the molecule is CCCCC1(CC=C[C@H]2CCC(=O)[C@@H]2CCCCCC(O)(O)C(=O)CO)CCC1. The second kappa shape index (κ2) is 11.4. The highest BCUT2D eigenvalue weighted by molar-refractivity contribution is 5.86. The van der Waals surface area contributed by atoms with Gasteiger partial charge in [-0.2, -0.15) is 0 Å². The number of Topliss-reactive ketones (excluding diaryl/α,β-unsaturated/α-hetero) is 2. The maximum absolute atomic E-state index is 12.3. The van der Waals surface area contributed by atoms with Gasteiger partial charge < -0.3 is 15.3 Å². The Hall–Kier alpha value is -1.04. The standard InChI is InChI=1S/C24H40O5/c1-2-3-13-23(15-8-16-23)14-7-9-19-11-12-21(26)20(19)10-5-4-6-17-24(28,29)22(27)18-25/h7,9,19-20,25,28-29H,2-6,8,10-18H2,1H3/t19-,20+/m0/s1. The molecule has 0 saturated heterocycles. The topological polar surface area (TPSA) is 94.8 Å². The smallest absolute Gasteiger partial charge is 0.226 e. The molecule has 2 aliphatic carbocycles. The molecule has 5 heteroatoms. The molecular weight excluding hydrogens is 368 g/mol. The van der Waals surface area contributed by atoms with Gasteiger partial charge in [-0.3, -0.25) is 9.59 Å². The summed E-state index contributed by atoms with van der Waals surface area (Å²) < 4.78 is 0. The number of aliphatic hydroxyl groups is 3. The molecule has 2 rings (SSSR count). The first kappa shape index (κ1) is 24.2. The van der Waals surface area contributed by atoms with Crippen molar-refractivity contribution in [3.05, 3.63) is 12.2 Å². The van der Waals surface area contributed by atoms with Gasteiger partial charge in [0.2, 0.25) is 11.6 Å². The first-order valence-electron chi connectivity index (χ1n) is 11.6. The van der Waals surface area contributed by atoms with Crippen LogP contribution in [-0.4, -0.2) is 39.3 Å². The van der Waals surface area contributed by atoms with Crippen LogP contribution in [0.25, 0.3) is 0 Å². The molecule has 5 nitrogen and oxygen atoms in total. The molecule has 2 fully saturated rings. The lowest BCUT2D eigenvalue weighted by Crippen LogP contribution is -2.40. The molecule has 2 atom stereocenters. The molecule has 0 aromatic heterocycles. The highest BCUT2D eigenvalue weighted by Crippen LogP contribution is 2.48. The number of unbranched alkanes of at least 4 members (excludes halogenated alkanes) is 3. The van der Waals surface area contributed by atoms with Gasteiger partial charge in [0.1, 0.15) is 12.4 Å². The molecule has 0 amide bonds. The van der Waals surface area contributed by atoms with Gasteiger partial charge in [0.25, 0.3) is 0 Å². The maximum Gasteiger partial charge on any atom is 0.226 e. The number of aliphatic hydroxyl groups excluding tert-OH is 1. The van der Waals surface area contributed by atoms with Crippen molar-refractivity contribution in [1.29, 1.82) is 0 Å². The summed E-state index contributed by atoms with van der Waals surface area (Å²) in [7, 11) is 0. The number of hydrogen-bond acceptors (Lipinski definition) is 5. The minimum absolute atomic E-state index is 0.0752. The van der Waals surface area contributed by atoms with Crippen LogP contribution in [0.4, 0.5) is 0 Å². The Bertz CT molecular complexity index is 562. The molecule has 0 aromatic rings. The molecule has 0 bridgehead atoms. The van der Waals surface area contributed by atoms with E-state index < -0.39 is 18.2 Å². The van der Waals surface area contributed by atoms with Crippen molar-refractivity contribution in [3.8, 4) is 0 Å². The summed E-state index contributed by atoms with van der Waals surface area (Å²) in [6.07, 6.45) is 18.2. The quantitative estimate of drug-likeness (QED) is 0.229. The third kappa shape index (κ3) is 7.01. The van der Waals surface area contributed by atoms with E-state index in [2.05, 4.69) is 19.1 Å². The Morgan fingerprint density at radius 1 is 1.21 bits per heavy atom. The second-order valence-corrected chi connectivity index (χ2v) is 9.36. The zero-order chi connectivity index (χ0) is 21.3. The summed E-state index contributed by atoms with van der Waals surface area (Å²) in [5.74, 6) is -2.60. The minimum atomic E-state index is -2.43. The van der Waals surface area contributed by atoms with E-state index in [1.807, 2.05) is 0 Å². The number of carbonyl (C=O) groups is 2. The fourth-order valence-electron chi connectivity index (χ4n) is 5.00. The molecule has 2 aliphatic rings. The Morgan fingerprint density at radius 2 is 1.97 bits per heavy atom. The average molecular weight is 409 g/mol. The van der Waals surface area contributed by atoms with E-state index in [-0.39, 0.29) is 12.3 Å². The Labute approximate surface area is 175 Å². The minimum Gasteiger partial charge on any atom is -0.388 e. The Morgan fingerprint density at radius 3 is 2.59 bits per heavy atom. The van der Waals surface area contributed by atoms with Gasteiger partial charge in [0, 0.05) is 18.8 Å². The summed E-state index contributed by atoms with van der Waals surface area (Å²) in [4.78, 5) is 23.6. The van der Waals surface area contributed by atoms with Crippen LogP contribution in [0.5, 0.6) is 0 Å². The summed E-state index contributed by atoms with van der Waals surface area (Å²) in [6.45, 7) is 1.39. The largest absolute Gasteiger partial charge is 0.388 e. The lowest BCUT2D eigenvalue weighted by molar-refractivity contribution is -0.187. The molecular formula is C24H40O5. The van der Waals surface area contributed by atoms with Crippen molar-refractivity contribution in [2.75, 3.05) is 6.61 Å². The van der Waals surface area contributed by atoms with Gasteiger partial charge in [0.15, 0.2) is 0 Å². The molecule has 166 valence electrons. The summed E-state index contributed by atoms with van der Waals surface area (Å²) in [6, 6.07) is 0. The highest BCUT2D eigenvalue weighted by Gasteiger charge is 2.36. The van der Waals surface area contributed by atoms with Crippen LogP contribution >= 0.6 is 0 Å². The van der Waals surface area contributed by atoms with Gasteiger partial charge in [-0.15, -0.1) is 0 Å². The highest BCUT2D eigenvalue weighted by atomic mass is 16.5. The van der Waals surface area contributed by atoms with Crippen LogP contribution in [0.2, 0.25) is 0 Å². The first-order chi connectivity index (χ1) is 13.8. The number of allylic oxidation sites excluding steroid dienone is 2. The van der Waals surface area contributed by atoms with E-state index in [0.29, 0.717) is 30.0 Å². The van der Waals surface area contributed by atoms with E-state index in [9.17, 15) is 19.8 Å². The molecule has 0 radical (unpaired) electrons. The van der Waals surface area contributed by atoms with E-state index in [4.69, 9.17) is 5.11 Å². The van der Waals surface area contributed by atoms with Gasteiger partial charge in [-0.05, 0) is 56.3 Å². The van der Waals surface area contributed by atoms with Crippen molar-refractivity contribution in [2.24, 2.45) is 17.3 Å². The molecule has 0 aliphatic heterocycles. The fourth-order valence-corrected chi connectivity index (χ4v) is 5.00. The van der Waals surface area contributed by atoms with E-state index in [1.165, 1.54) is 38.5 Å². The van der Waals surface area contributed by atoms with E-state index in [0.717, 1.165) is 32.1 Å². The molecule has 0 unspecified atom stereocenters. The number of carbonyl (C=O) groups excluding carboxylic acids is 2. The molecule has 0 heterocycles. The second-order valence-electron chi connectivity index (χ2n) is 9.36. The van der Waals surface area contributed by atoms with Gasteiger partial charge in [-0.1, -0.05) is 51.2 Å². The first-order valence-corrected chi connectivity index (χ1v) is 11.6. The number of ketones is 2. The predicted molar refractivity (Wildman–Crippen MR) is 113 cm³/mol. The van der Waals surface area contributed by atoms with Crippen LogP contribution in [0, 0.1) is 17.3 Å². The van der Waals surface area contributed by atoms with Gasteiger partial charge in [0.05, 0.1) is 0 Å². The average Bonchev–Trinajstić information content (AvgIpc) is 3.01. The fraction of sp³-hybridized carbons (Fsp3) is 0.833. The summed E-state index contributed by atoms with van der Waals surface area (Å²) >= 11 is 0. The molecule has 3 N–H and O–H groups in total. The van der Waals surface area contributed by atoms with Crippen molar-refractivity contribution in [1.82, 2.24) is 0 Å². The van der Waals surface area contributed by atoms with Crippen LogP contribution in [0.15, 0.2) is 12.2 Å². The van der Waals surface area contributed by atoms with E-state index in [1.54, 1.807) is 0 Å².